The van der Waals surface area contributed by atoms with Gasteiger partial charge in [-0.2, -0.15) is 0 Å². The first-order chi connectivity index (χ1) is 25.1. The van der Waals surface area contributed by atoms with Gasteiger partial charge in [0.05, 0.1) is 24.2 Å². The van der Waals surface area contributed by atoms with Crippen molar-refractivity contribution in [2.24, 2.45) is 5.92 Å². The maximum atomic E-state index is 13.9. The minimum atomic E-state index is -3.96. The number of hydrazine groups is 1. The van der Waals surface area contributed by atoms with E-state index in [4.69, 9.17) is 14.3 Å². The van der Waals surface area contributed by atoms with E-state index in [9.17, 15) is 13.2 Å². The Morgan fingerprint density at radius 1 is 0.827 bits per heavy atom. The summed E-state index contributed by atoms with van der Waals surface area (Å²) >= 11 is 0. The van der Waals surface area contributed by atoms with Crippen molar-refractivity contribution in [1.29, 1.82) is 0 Å². The summed E-state index contributed by atoms with van der Waals surface area (Å²) < 4.78 is 38.3. The van der Waals surface area contributed by atoms with E-state index < -0.39 is 15.4 Å². The number of amides is 1. The fraction of sp³-hybridized carbons (Fsp3) is 0.286. The summed E-state index contributed by atoms with van der Waals surface area (Å²) in [4.78, 5) is 25.4. The number of ether oxygens (including phenoxy) is 2. The first kappa shape index (κ1) is 36.9. The van der Waals surface area contributed by atoms with Crippen LogP contribution in [0.15, 0.2) is 144 Å². The third-order valence-corrected chi connectivity index (χ3v) is 11.6. The topological polar surface area (TPSA) is 107 Å². The lowest BCUT2D eigenvalue weighted by Crippen LogP contribution is -2.49. The number of carbonyl (C=O) groups excluding carboxylic acids is 1. The predicted molar refractivity (Wildman–Crippen MR) is 199 cm³/mol. The van der Waals surface area contributed by atoms with Gasteiger partial charge in [-0.3, -0.25) is 15.1 Å². The zero-order chi connectivity index (χ0) is 36.6. The molecule has 1 heterocycles. The summed E-state index contributed by atoms with van der Waals surface area (Å²) in [5.74, 6) is 0.535. The van der Waals surface area contributed by atoms with Crippen LogP contribution in [0.5, 0.6) is 5.75 Å². The van der Waals surface area contributed by atoms with Crippen LogP contribution in [0.4, 0.5) is 0 Å². The number of carbonyl (C=O) groups is 1. The maximum Gasteiger partial charge on any atom is 0.236 e. The molecule has 1 aliphatic carbocycles. The average molecular weight is 720 g/mol. The van der Waals surface area contributed by atoms with Crippen molar-refractivity contribution in [3.63, 3.8) is 0 Å². The minimum Gasteiger partial charge on any atom is -0.497 e. The van der Waals surface area contributed by atoms with Gasteiger partial charge < -0.3 is 9.47 Å². The van der Waals surface area contributed by atoms with Crippen LogP contribution in [0.1, 0.15) is 61.3 Å². The maximum absolute atomic E-state index is 13.9. The Bertz CT molecular complexity index is 1920. The number of aromatic nitrogens is 1. The largest absolute Gasteiger partial charge is 0.497 e. The van der Waals surface area contributed by atoms with Crippen LogP contribution in [0.25, 0.3) is 0 Å². The van der Waals surface area contributed by atoms with Gasteiger partial charge >= 0.3 is 0 Å². The Morgan fingerprint density at radius 2 is 1.37 bits per heavy atom. The summed E-state index contributed by atoms with van der Waals surface area (Å²) in [5.41, 5.74) is 4.80. The molecular formula is C42H45N3O6S. The van der Waals surface area contributed by atoms with Crippen LogP contribution in [-0.2, 0) is 36.4 Å². The molecule has 10 heteroatoms. The van der Waals surface area contributed by atoms with Crippen molar-refractivity contribution in [1.82, 2.24) is 15.6 Å². The molecule has 0 saturated heterocycles. The molecule has 1 aromatic heterocycles. The number of sulfone groups is 1. The summed E-state index contributed by atoms with van der Waals surface area (Å²) in [7, 11) is -0.697. The minimum absolute atomic E-state index is 0.0139. The van der Waals surface area contributed by atoms with Crippen molar-refractivity contribution >= 4 is 15.7 Å². The van der Waals surface area contributed by atoms with E-state index in [1.165, 1.54) is 36.7 Å². The molecule has 6 rings (SSSR count). The standard InChI is InChI=1S/C42H45N3O6S/c1-41(50-3)26-23-32(24-27-41)29-39(46)44-45(31-33-25-28-43-40(30-33)52(47,48)38-21-19-37(49-2)20-22-38)51-42(34-13-7-4-8-14-34,35-15-9-5-10-16-35)36-17-11-6-12-18-36/h4-22,25,28,30,32H,23-24,26-27,29,31H2,1-3H3,(H,44,46)/t32-,41-. The molecule has 5 aromatic rings. The van der Waals surface area contributed by atoms with Gasteiger partial charge in [0.1, 0.15) is 5.75 Å². The highest BCUT2D eigenvalue weighted by Crippen LogP contribution is 2.41. The van der Waals surface area contributed by atoms with Gasteiger partial charge in [0, 0.05) is 19.7 Å². The molecule has 1 aliphatic rings. The summed E-state index contributed by atoms with van der Waals surface area (Å²) in [5, 5.41) is 1.32. The second-order valence-electron chi connectivity index (χ2n) is 13.4. The van der Waals surface area contributed by atoms with Crippen LogP contribution in [0.2, 0.25) is 0 Å². The molecule has 1 N–H and O–H groups in total. The Morgan fingerprint density at radius 3 is 1.87 bits per heavy atom. The molecule has 1 amide bonds. The second-order valence-corrected chi connectivity index (χ2v) is 15.3. The molecule has 270 valence electrons. The van der Waals surface area contributed by atoms with E-state index in [1.54, 1.807) is 25.3 Å². The molecule has 9 nitrogen and oxygen atoms in total. The number of benzene rings is 4. The van der Waals surface area contributed by atoms with E-state index in [0.29, 0.717) is 17.7 Å². The molecule has 0 bridgehead atoms. The van der Waals surface area contributed by atoms with Gasteiger partial charge in [0.2, 0.25) is 15.7 Å². The van der Waals surface area contributed by atoms with Crippen molar-refractivity contribution in [3.05, 3.63) is 156 Å². The lowest BCUT2D eigenvalue weighted by molar-refractivity contribution is -0.256. The molecule has 0 unspecified atom stereocenters. The predicted octanol–water partition coefficient (Wildman–Crippen LogP) is 7.67. The van der Waals surface area contributed by atoms with Crippen molar-refractivity contribution in [3.8, 4) is 5.75 Å². The monoisotopic (exact) mass is 719 g/mol. The highest BCUT2D eigenvalue weighted by Gasteiger charge is 2.41. The molecule has 1 fully saturated rings. The van der Waals surface area contributed by atoms with E-state index in [1.807, 2.05) is 91.0 Å². The second kappa shape index (κ2) is 16.2. The number of methoxy groups -OCH3 is 2. The van der Waals surface area contributed by atoms with E-state index in [-0.39, 0.29) is 33.9 Å². The average Bonchev–Trinajstić information content (AvgIpc) is 3.19. The molecule has 4 aromatic carbocycles. The van der Waals surface area contributed by atoms with Gasteiger partial charge in [0.15, 0.2) is 10.6 Å². The van der Waals surface area contributed by atoms with E-state index in [0.717, 1.165) is 42.4 Å². The van der Waals surface area contributed by atoms with Crippen molar-refractivity contribution in [2.75, 3.05) is 14.2 Å². The Kier molecular flexibility index (Phi) is 11.5. The van der Waals surface area contributed by atoms with Crippen LogP contribution in [-0.4, -0.2) is 44.3 Å². The Balaban J connectivity index is 1.38. The zero-order valence-corrected chi connectivity index (χ0v) is 30.6. The van der Waals surface area contributed by atoms with Gasteiger partial charge in [-0.25, -0.2) is 13.4 Å². The van der Waals surface area contributed by atoms with E-state index >= 15 is 0 Å². The van der Waals surface area contributed by atoms with Gasteiger partial charge in [0.25, 0.3) is 0 Å². The number of nitrogens with zero attached hydrogens (tertiary/aromatic N) is 2. The van der Waals surface area contributed by atoms with Gasteiger partial charge in [-0.15, -0.1) is 0 Å². The zero-order valence-electron chi connectivity index (χ0n) is 29.8. The first-order valence-corrected chi connectivity index (χ1v) is 19.0. The number of pyridine rings is 1. The summed E-state index contributed by atoms with van der Waals surface area (Å²) in [6.07, 6.45) is 5.27. The SMILES string of the molecule is COc1ccc(S(=O)(=O)c2cc(CN(NC(=O)C[C@H]3CC[C@](C)(OC)CC3)OC(c3ccccc3)(c3ccccc3)c3ccccc3)ccn2)cc1. The Labute approximate surface area is 306 Å². The fourth-order valence-electron chi connectivity index (χ4n) is 6.82. The molecule has 0 atom stereocenters. The lowest BCUT2D eigenvalue weighted by atomic mass is 9.78. The smallest absolute Gasteiger partial charge is 0.236 e. The van der Waals surface area contributed by atoms with Crippen LogP contribution in [0, 0.1) is 5.92 Å². The fourth-order valence-corrected chi connectivity index (χ4v) is 8.06. The number of rotatable bonds is 14. The quantitative estimate of drug-likeness (QED) is 0.0921. The van der Waals surface area contributed by atoms with Crippen molar-refractivity contribution in [2.45, 2.75) is 66.7 Å². The third-order valence-electron chi connectivity index (χ3n) is 9.94. The summed E-state index contributed by atoms with van der Waals surface area (Å²) in [6, 6.07) is 39.0. The Hall–Kier alpha value is -4.87. The number of hydroxylamine groups is 1. The molecular weight excluding hydrogens is 675 g/mol. The van der Waals surface area contributed by atoms with Crippen LogP contribution >= 0.6 is 0 Å². The summed E-state index contributed by atoms with van der Waals surface area (Å²) in [6.45, 7) is 2.13. The molecule has 0 spiro atoms. The molecule has 0 radical (unpaired) electrons. The van der Waals surface area contributed by atoms with Crippen LogP contribution in [0.3, 0.4) is 0 Å². The highest BCUT2D eigenvalue weighted by molar-refractivity contribution is 7.91. The lowest BCUT2D eigenvalue weighted by Gasteiger charge is -2.40. The third kappa shape index (κ3) is 8.26. The molecule has 52 heavy (non-hydrogen) atoms. The first-order valence-electron chi connectivity index (χ1n) is 17.5. The number of nitrogens with one attached hydrogen (secondary N) is 1. The van der Waals surface area contributed by atoms with Crippen LogP contribution < -0.4 is 10.2 Å². The highest BCUT2D eigenvalue weighted by atomic mass is 32.2. The molecule has 0 aliphatic heterocycles. The normalized spacial score (nSPS) is 17.8. The number of hydrogen-bond acceptors (Lipinski definition) is 8. The number of hydrogen-bond donors (Lipinski definition) is 1. The van der Waals surface area contributed by atoms with Gasteiger partial charge in [-0.1, -0.05) is 96.2 Å². The van der Waals surface area contributed by atoms with Gasteiger partial charge in [-0.05, 0) is 97.2 Å². The van der Waals surface area contributed by atoms with E-state index in [2.05, 4.69) is 17.3 Å². The van der Waals surface area contributed by atoms with Crippen molar-refractivity contribution < 1.29 is 27.5 Å². The molecule has 1 saturated carbocycles.